The van der Waals surface area contributed by atoms with E-state index in [9.17, 15) is 0 Å². The maximum atomic E-state index is 4.23. The van der Waals surface area contributed by atoms with Gasteiger partial charge in [-0.15, -0.1) is 6.58 Å². The number of hydrogen-bond acceptors (Lipinski definition) is 0. The Morgan fingerprint density at radius 1 is 0.909 bits per heavy atom. The molecule has 0 aliphatic heterocycles. The summed E-state index contributed by atoms with van der Waals surface area (Å²) >= 11 is 0. The second-order valence-corrected chi connectivity index (χ2v) is 10.9. The SMILES string of the molecule is C.C=CC.C=CC(=C)CCCCC(C)(C)C(C)(C)C1CCCC(C(=C)C)C1.CCC.CCC. The van der Waals surface area contributed by atoms with Gasteiger partial charge in [0.05, 0.1) is 0 Å². The molecule has 1 fully saturated rings. The minimum Gasteiger partial charge on any atom is -0.103 e. The van der Waals surface area contributed by atoms with Gasteiger partial charge in [-0.25, -0.2) is 0 Å². The molecule has 2 atom stereocenters. The van der Waals surface area contributed by atoms with Gasteiger partial charge in [-0.1, -0.05) is 132 Å². The molecule has 1 aliphatic rings. The zero-order valence-electron chi connectivity index (χ0n) is 24.2. The van der Waals surface area contributed by atoms with Gasteiger partial charge in [-0.3, -0.25) is 0 Å². The average Bonchev–Trinajstić information content (AvgIpc) is 2.72. The van der Waals surface area contributed by atoms with Gasteiger partial charge in [-0.05, 0) is 75.0 Å². The summed E-state index contributed by atoms with van der Waals surface area (Å²) in [6, 6.07) is 0. The van der Waals surface area contributed by atoms with Crippen LogP contribution in [0.15, 0.2) is 49.6 Å². The molecule has 1 saturated carbocycles. The highest BCUT2D eigenvalue weighted by Gasteiger charge is 2.43. The second kappa shape index (κ2) is 22.7. The molecule has 0 aromatic rings. The summed E-state index contributed by atoms with van der Waals surface area (Å²) in [7, 11) is 0. The van der Waals surface area contributed by atoms with E-state index in [0.717, 1.165) is 18.3 Å². The molecular weight excluding hydrogens is 396 g/mol. The van der Waals surface area contributed by atoms with Crippen LogP contribution in [0.25, 0.3) is 0 Å². The van der Waals surface area contributed by atoms with Crippen LogP contribution in [-0.2, 0) is 0 Å². The standard InChI is InChI=1S/C23H40.2C3H8.C3H6.CH4/c1-9-19(4)13-10-11-16-22(5,6)23(7,8)21-15-12-14-20(17-21)18(2)3;3*1-3-2;/h9,20-21H,1-2,4,10-17H2,3,5-8H3;2*3H2,1-2H3;3H,1H2,2H3;1H4. The van der Waals surface area contributed by atoms with Crippen molar-refractivity contribution in [3.8, 4) is 0 Å². The minimum atomic E-state index is 0. The van der Waals surface area contributed by atoms with Crippen LogP contribution in [0.4, 0.5) is 0 Å². The van der Waals surface area contributed by atoms with Crippen molar-refractivity contribution in [2.45, 2.75) is 141 Å². The third kappa shape index (κ3) is 18.0. The Morgan fingerprint density at radius 2 is 1.36 bits per heavy atom. The first-order valence-corrected chi connectivity index (χ1v) is 13.4. The summed E-state index contributed by atoms with van der Waals surface area (Å²) in [5.41, 5.74) is 3.34. The summed E-state index contributed by atoms with van der Waals surface area (Å²) in [5, 5.41) is 0. The van der Waals surface area contributed by atoms with Crippen molar-refractivity contribution in [1.82, 2.24) is 0 Å². The molecule has 1 aliphatic carbocycles. The molecule has 1 rings (SSSR count). The van der Waals surface area contributed by atoms with E-state index in [-0.39, 0.29) is 7.43 Å². The molecule has 0 heterocycles. The van der Waals surface area contributed by atoms with E-state index in [1.165, 1.54) is 68.9 Å². The van der Waals surface area contributed by atoms with Crippen LogP contribution in [0.5, 0.6) is 0 Å². The van der Waals surface area contributed by atoms with Crippen molar-refractivity contribution in [2.75, 3.05) is 0 Å². The van der Waals surface area contributed by atoms with E-state index >= 15 is 0 Å². The molecule has 33 heavy (non-hydrogen) atoms. The van der Waals surface area contributed by atoms with E-state index in [1.54, 1.807) is 6.08 Å². The van der Waals surface area contributed by atoms with Crippen LogP contribution in [0, 0.1) is 22.7 Å². The zero-order chi connectivity index (χ0) is 25.8. The van der Waals surface area contributed by atoms with Crippen LogP contribution < -0.4 is 0 Å². The molecule has 0 amide bonds. The Hall–Kier alpha value is -1.04. The number of allylic oxidation sites excluding steroid dienone is 4. The number of hydrogen-bond donors (Lipinski definition) is 0. The lowest BCUT2D eigenvalue weighted by Gasteiger charge is -2.50. The molecular formula is C33H66. The third-order valence-corrected chi connectivity index (χ3v) is 6.97. The highest BCUT2D eigenvalue weighted by atomic mass is 14.5. The molecule has 198 valence electrons. The van der Waals surface area contributed by atoms with E-state index in [2.05, 4.69) is 88.6 Å². The Kier molecular flexibility index (Phi) is 27.0. The van der Waals surface area contributed by atoms with Gasteiger partial charge in [0.2, 0.25) is 0 Å². The Balaban J connectivity index is -0.000000362. The fourth-order valence-corrected chi connectivity index (χ4v) is 4.19. The molecule has 0 heteroatoms. The number of unbranched alkanes of at least 4 members (excludes halogenated alkanes) is 1. The summed E-state index contributed by atoms with van der Waals surface area (Å²) in [6.07, 6.45) is 16.6. The fourth-order valence-electron chi connectivity index (χ4n) is 4.19. The van der Waals surface area contributed by atoms with E-state index in [1.807, 2.05) is 13.0 Å². The van der Waals surface area contributed by atoms with Crippen LogP contribution in [-0.4, -0.2) is 0 Å². The van der Waals surface area contributed by atoms with Crippen molar-refractivity contribution in [3.05, 3.63) is 49.6 Å². The van der Waals surface area contributed by atoms with Crippen molar-refractivity contribution < 1.29 is 0 Å². The third-order valence-electron chi connectivity index (χ3n) is 6.97. The summed E-state index contributed by atoms with van der Waals surface area (Å²) in [4.78, 5) is 0. The Morgan fingerprint density at radius 3 is 1.76 bits per heavy atom. The fraction of sp³-hybridized carbons (Fsp3) is 0.758. The molecule has 0 aromatic carbocycles. The number of rotatable bonds is 9. The van der Waals surface area contributed by atoms with E-state index in [4.69, 9.17) is 0 Å². The molecule has 0 radical (unpaired) electrons. The summed E-state index contributed by atoms with van der Waals surface area (Å²) < 4.78 is 0. The van der Waals surface area contributed by atoms with Gasteiger partial charge < -0.3 is 0 Å². The highest BCUT2D eigenvalue weighted by molar-refractivity contribution is 5.10. The molecule has 0 N–H and O–H groups in total. The maximum Gasteiger partial charge on any atom is -0.0206 e. The van der Waals surface area contributed by atoms with Gasteiger partial charge in [0.15, 0.2) is 0 Å². The first-order valence-electron chi connectivity index (χ1n) is 13.4. The maximum absolute atomic E-state index is 4.23. The lowest BCUT2D eigenvalue weighted by molar-refractivity contribution is 0.00309. The quantitative estimate of drug-likeness (QED) is 0.181. The Labute approximate surface area is 213 Å². The van der Waals surface area contributed by atoms with Gasteiger partial charge in [0.1, 0.15) is 0 Å². The molecule has 0 nitrogen and oxygen atoms in total. The van der Waals surface area contributed by atoms with E-state index in [0.29, 0.717) is 10.8 Å². The van der Waals surface area contributed by atoms with Gasteiger partial charge in [-0.2, -0.15) is 0 Å². The highest BCUT2D eigenvalue weighted by Crippen LogP contribution is 2.53. The average molecular weight is 463 g/mol. The lowest BCUT2D eigenvalue weighted by Crippen LogP contribution is -2.41. The topological polar surface area (TPSA) is 0 Å². The Bertz CT molecular complexity index is 486. The van der Waals surface area contributed by atoms with Gasteiger partial charge >= 0.3 is 0 Å². The van der Waals surface area contributed by atoms with Crippen molar-refractivity contribution in [1.29, 1.82) is 0 Å². The molecule has 0 spiro atoms. The predicted octanol–water partition coefficient (Wildman–Crippen LogP) is 12.4. The van der Waals surface area contributed by atoms with Crippen molar-refractivity contribution >= 4 is 0 Å². The lowest BCUT2D eigenvalue weighted by atomic mass is 9.55. The first kappa shape index (κ1) is 39.2. The van der Waals surface area contributed by atoms with Gasteiger partial charge in [0, 0.05) is 0 Å². The molecule has 0 bridgehead atoms. The van der Waals surface area contributed by atoms with Crippen LogP contribution in [0.2, 0.25) is 0 Å². The van der Waals surface area contributed by atoms with Crippen LogP contribution in [0.3, 0.4) is 0 Å². The normalized spacial score (nSPS) is 17.3. The van der Waals surface area contributed by atoms with Crippen molar-refractivity contribution in [2.24, 2.45) is 22.7 Å². The first-order chi connectivity index (χ1) is 14.9. The smallest absolute Gasteiger partial charge is 0.0206 e. The molecule has 0 saturated heterocycles. The van der Waals surface area contributed by atoms with Crippen LogP contribution in [0.1, 0.15) is 141 Å². The predicted molar refractivity (Wildman–Crippen MR) is 160 cm³/mol. The van der Waals surface area contributed by atoms with E-state index < -0.39 is 0 Å². The summed E-state index contributed by atoms with van der Waals surface area (Å²) in [6.45, 7) is 38.0. The zero-order valence-corrected chi connectivity index (χ0v) is 24.2. The molecule has 0 aromatic heterocycles. The largest absolute Gasteiger partial charge is 0.103 e. The second-order valence-electron chi connectivity index (χ2n) is 10.9. The summed E-state index contributed by atoms with van der Waals surface area (Å²) in [5.74, 6) is 1.58. The van der Waals surface area contributed by atoms with Gasteiger partial charge in [0.25, 0.3) is 0 Å². The minimum absolute atomic E-state index is 0. The molecule has 2 unspecified atom stereocenters. The van der Waals surface area contributed by atoms with Crippen LogP contribution >= 0.6 is 0 Å². The van der Waals surface area contributed by atoms with Crippen molar-refractivity contribution in [3.63, 3.8) is 0 Å². The monoisotopic (exact) mass is 463 g/mol.